The Morgan fingerprint density at radius 2 is 2.05 bits per heavy atom. The second-order valence-corrected chi connectivity index (χ2v) is 5.91. The largest absolute Gasteiger partial charge is 0.395 e. The first-order valence-electron chi connectivity index (χ1n) is 7.63. The summed E-state index contributed by atoms with van der Waals surface area (Å²) in [6.07, 6.45) is 8.63. The van der Waals surface area contributed by atoms with Gasteiger partial charge in [-0.2, -0.15) is 0 Å². The highest BCUT2D eigenvalue weighted by Crippen LogP contribution is 2.44. The van der Waals surface area contributed by atoms with Crippen LogP contribution < -0.4 is 5.32 Å². The van der Waals surface area contributed by atoms with Crippen molar-refractivity contribution in [3.05, 3.63) is 29.6 Å². The molecule has 1 heterocycles. The van der Waals surface area contributed by atoms with E-state index in [1.807, 2.05) is 0 Å². The van der Waals surface area contributed by atoms with Crippen LogP contribution in [-0.2, 0) is 0 Å². The van der Waals surface area contributed by atoms with Crippen molar-refractivity contribution in [1.82, 2.24) is 10.3 Å². The van der Waals surface area contributed by atoms with Gasteiger partial charge in [-0.3, -0.25) is 9.78 Å². The number of nitrogens with one attached hydrogen (secondary N) is 1. The highest BCUT2D eigenvalue weighted by Gasteiger charge is 2.42. The van der Waals surface area contributed by atoms with Gasteiger partial charge in [0.05, 0.1) is 12.2 Å². The molecule has 0 atom stereocenters. The van der Waals surface area contributed by atoms with Gasteiger partial charge in [-0.05, 0) is 43.6 Å². The first kappa shape index (κ1) is 14.1. The minimum absolute atomic E-state index is 0.0443. The molecule has 0 saturated heterocycles. The van der Waals surface area contributed by atoms with Gasteiger partial charge in [-0.1, -0.05) is 11.8 Å². The summed E-state index contributed by atoms with van der Waals surface area (Å²) in [6.45, 7) is 0.0467. The topological polar surface area (TPSA) is 62.2 Å². The minimum Gasteiger partial charge on any atom is -0.395 e. The van der Waals surface area contributed by atoms with Gasteiger partial charge in [-0.25, -0.2) is 0 Å². The van der Waals surface area contributed by atoms with E-state index in [9.17, 15) is 4.79 Å². The molecule has 2 saturated carbocycles. The van der Waals surface area contributed by atoms with Crippen LogP contribution in [0.1, 0.15) is 48.0 Å². The van der Waals surface area contributed by atoms with Gasteiger partial charge in [0.25, 0.3) is 5.91 Å². The first-order valence-corrected chi connectivity index (χ1v) is 7.63. The van der Waals surface area contributed by atoms with Gasteiger partial charge in [0.1, 0.15) is 0 Å². The van der Waals surface area contributed by atoms with Crippen LogP contribution in [0, 0.1) is 23.7 Å². The van der Waals surface area contributed by atoms with E-state index in [0.29, 0.717) is 35.4 Å². The zero-order valence-corrected chi connectivity index (χ0v) is 12.0. The summed E-state index contributed by atoms with van der Waals surface area (Å²) < 4.78 is 0. The van der Waals surface area contributed by atoms with Crippen molar-refractivity contribution < 1.29 is 9.90 Å². The van der Waals surface area contributed by atoms with Crippen LogP contribution in [-0.4, -0.2) is 28.6 Å². The lowest BCUT2D eigenvalue weighted by molar-refractivity contribution is 0.0926. The second kappa shape index (κ2) is 6.28. The summed E-state index contributed by atoms with van der Waals surface area (Å²) in [6, 6.07) is 2.12. The molecule has 2 fully saturated rings. The average Bonchev–Trinajstić information content (AvgIpc) is 3.39. The van der Waals surface area contributed by atoms with Crippen molar-refractivity contribution in [3.63, 3.8) is 0 Å². The molecule has 1 amide bonds. The lowest BCUT2D eigenvalue weighted by Gasteiger charge is -2.17. The number of hydrogen-bond donors (Lipinski definition) is 2. The number of aliphatic hydroxyl groups excluding tert-OH is 1. The third-order valence-corrected chi connectivity index (χ3v) is 4.03. The number of carbonyl (C=O) groups is 1. The van der Waals surface area contributed by atoms with E-state index < -0.39 is 0 Å². The standard InChI is InChI=1S/C17H20N2O2/c20-8-2-1-3-12-9-15(11-18-10-12)17(21)19-16(13-4-5-13)14-6-7-14/h9-11,13-14,16,20H,2,4-8H2,(H,19,21). The summed E-state index contributed by atoms with van der Waals surface area (Å²) in [5, 5.41) is 11.9. The van der Waals surface area contributed by atoms with Crippen LogP contribution in [0.2, 0.25) is 0 Å². The molecule has 0 aliphatic heterocycles. The summed E-state index contributed by atoms with van der Waals surface area (Å²) >= 11 is 0. The second-order valence-electron chi connectivity index (χ2n) is 5.91. The van der Waals surface area contributed by atoms with E-state index >= 15 is 0 Å². The fourth-order valence-electron chi connectivity index (χ4n) is 2.62. The number of hydrogen-bond acceptors (Lipinski definition) is 3. The fourth-order valence-corrected chi connectivity index (χ4v) is 2.62. The first-order chi connectivity index (χ1) is 10.3. The van der Waals surface area contributed by atoms with E-state index in [1.165, 1.54) is 25.7 Å². The van der Waals surface area contributed by atoms with Crippen LogP contribution in [0.25, 0.3) is 0 Å². The zero-order valence-electron chi connectivity index (χ0n) is 12.0. The quantitative estimate of drug-likeness (QED) is 0.810. The molecule has 2 N–H and O–H groups in total. The third-order valence-electron chi connectivity index (χ3n) is 4.03. The molecule has 4 heteroatoms. The predicted molar refractivity (Wildman–Crippen MR) is 79.5 cm³/mol. The Balaban J connectivity index is 1.66. The van der Waals surface area contributed by atoms with Crippen molar-refractivity contribution in [2.45, 2.75) is 38.1 Å². The molecule has 0 aromatic carbocycles. The molecular formula is C17H20N2O2. The maximum absolute atomic E-state index is 12.4. The number of pyridine rings is 1. The van der Waals surface area contributed by atoms with Crippen molar-refractivity contribution in [2.75, 3.05) is 6.61 Å². The Morgan fingerprint density at radius 3 is 2.67 bits per heavy atom. The Kier molecular flexibility index (Phi) is 4.21. The number of amides is 1. The Bertz CT molecular complexity index is 568. The predicted octanol–water partition coefficient (Wildman–Crippen LogP) is 1.73. The number of carbonyl (C=O) groups excluding carboxylic acids is 1. The van der Waals surface area contributed by atoms with Crippen LogP contribution >= 0.6 is 0 Å². The Hall–Kier alpha value is -1.86. The molecule has 0 radical (unpaired) electrons. The number of rotatable bonds is 5. The molecule has 0 bridgehead atoms. The normalized spacial score (nSPS) is 17.2. The minimum atomic E-state index is -0.0443. The van der Waals surface area contributed by atoms with Gasteiger partial charge in [0.15, 0.2) is 0 Å². The Morgan fingerprint density at radius 1 is 1.33 bits per heavy atom. The van der Waals surface area contributed by atoms with Crippen LogP contribution in [0.5, 0.6) is 0 Å². The van der Waals surface area contributed by atoms with Crippen molar-refractivity contribution >= 4 is 5.91 Å². The molecule has 4 nitrogen and oxygen atoms in total. The molecule has 3 rings (SSSR count). The van der Waals surface area contributed by atoms with Crippen LogP contribution in [0.3, 0.4) is 0 Å². The highest BCUT2D eigenvalue weighted by molar-refractivity contribution is 5.94. The summed E-state index contributed by atoms with van der Waals surface area (Å²) in [7, 11) is 0. The molecule has 1 aromatic heterocycles. The van der Waals surface area contributed by atoms with Gasteiger partial charge >= 0.3 is 0 Å². The molecule has 0 spiro atoms. The van der Waals surface area contributed by atoms with E-state index in [1.54, 1.807) is 18.5 Å². The highest BCUT2D eigenvalue weighted by atomic mass is 16.2. The zero-order chi connectivity index (χ0) is 14.7. The third kappa shape index (κ3) is 3.83. The van der Waals surface area contributed by atoms with Gasteiger partial charge in [0, 0.05) is 30.4 Å². The molecular weight excluding hydrogens is 264 g/mol. The summed E-state index contributed by atoms with van der Waals surface area (Å²) in [4.78, 5) is 16.4. The fraction of sp³-hybridized carbons (Fsp3) is 0.529. The summed E-state index contributed by atoms with van der Waals surface area (Å²) in [5.74, 6) is 7.08. The maximum atomic E-state index is 12.4. The molecule has 0 unspecified atom stereocenters. The lowest BCUT2D eigenvalue weighted by atomic mass is 10.1. The molecule has 2 aliphatic rings. The lowest BCUT2D eigenvalue weighted by Crippen LogP contribution is -2.38. The van der Waals surface area contributed by atoms with E-state index in [-0.39, 0.29) is 12.5 Å². The van der Waals surface area contributed by atoms with Crippen LogP contribution in [0.4, 0.5) is 0 Å². The van der Waals surface area contributed by atoms with E-state index in [4.69, 9.17) is 5.11 Å². The smallest absolute Gasteiger partial charge is 0.253 e. The van der Waals surface area contributed by atoms with Gasteiger partial charge < -0.3 is 10.4 Å². The monoisotopic (exact) mass is 284 g/mol. The number of aliphatic hydroxyl groups is 1. The molecule has 110 valence electrons. The summed E-state index contributed by atoms with van der Waals surface area (Å²) in [5.41, 5.74) is 1.28. The van der Waals surface area contributed by atoms with Crippen molar-refractivity contribution in [1.29, 1.82) is 0 Å². The van der Waals surface area contributed by atoms with Gasteiger partial charge in [0.2, 0.25) is 0 Å². The average molecular weight is 284 g/mol. The SMILES string of the molecule is O=C(NC(C1CC1)C1CC1)c1cncc(C#CCCO)c1. The number of nitrogens with zero attached hydrogens (tertiary/aromatic N) is 1. The van der Waals surface area contributed by atoms with E-state index in [0.717, 1.165) is 0 Å². The van der Waals surface area contributed by atoms with E-state index in [2.05, 4.69) is 22.1 Å². The maximum Gasteiger partial charge on any atom is 0.253 e. The van der Waals surface area contributed by atoms with Crippen molar-refractivity contribution in [3.8, 4) is 11.8 Å². The molecule has 21 heavy (non-hydrogen) atoms. The van der Waals surface area contributed by atoms with Crippen molar-refractivity contribution in [2.24, 2.45) is 11.8 Å². The van der Waals surface area contributed by atoms with Crippen LogP contribution in [0.15, 0.2) is 18.5 Å². The number of aromatic nitrogens is 1. The molecule has 2 aliphatic carbocycles. The van der Waals surface area contributed by atoms with Gasteiger partial charge in [-0.15, -0.1) is 0 Å². The Labute approximate surface area is 125 Å². The molecule has 1 aromatic rings.